The molecule has 92 valence electrons. The standard InChI is InChI=1S/C10H24N2O2S/c1-5-8-15(13,14)12(7-3)10(4,6-2)9-11/h5-9,11H2,1-4H3. The second kappa shape index (κ2) is 5.82. The summed E-state index contributed by atoms with van der Waals surface area (Å²) in [5.41, 5.74) is 5.24. The van der Waals surface area contributed by atoms with E-state index in [1.165, 1.54) is 0 Å². The Hall–Kier alpha value is -0.130. The number of sulfonamides is 1. The summed E-state index contributed by atoms with van der Waals surface area (Å²) in [6, 6.07) is 0. The van der Waals surface area contributed by atoms with Crippen LogP contribution < -0.4 is 5.73 Å². The first kappa shape index (κ1) is 14.9. The minimum atomic E-state index is -3.15. The van der Waals surface area contributed by atoms with E-state index in [1.807, 2.05) is 27.7 Å². The molecule has 1 atom stereocenters. The van der Waals surface area contributed by atoms with Crippen LogP contribution in [-0.4, -0.2) is 37.1 Å². The predicted octanol–water partition coefficient (Wildman–Crippen LogP) is 1.18. The molecule has 0 radical (unpaired) electrons. The minimum Gasteiger partial charge on any atom is -0.329 e. The number of likely N-dealkylation sites (N-methyl/N-ethyl adjacent to an activating group) is 1. The highest BCUT2D eigenvalue weighted by Crippen LogP contribution is 2.22. The van der Waals surface area contributed by atoms with E-state index in [9.17, 15) is 8.42 Å². The first-order chi connectivity index (χ1) is 6.87. The van der Waals surface area contributed by atoms with Crippen LogP contribution in [0, 0.1) is 0 Å². The first-order valence-corrected chi connectivity index (χ1v) is 7.19. The third-order valence-corrected chi connectivity index (χ3v) is 5.18. The molecular weight excluding hydrogens is 212 g/mol. The molecule has 0 fully saturated rings. The Morgan fingerprint density at radius 1 is 1.27 bits per heavy atom. The third-order valence-electron chi connectivity index (χ3n) is 2.89. The summed E-state index contributed by atoms with van der Waals surface area (Å²) in [6.45, 7) is 8.46. The molecule has 0 aromatic rings. The predicted molar refractivity (Wildman–Crippen MR) is 64.2 cm³/mol. The fourth-order valence-electron chi connectivity index (χ4n) is 1.70. The molecule has 0 heterocycles. The zero-order valence-corrected chi connectivity index (χ0v) is 11.1. The number of nitrogens with zero attached hydrogens (tertiary/aromatic N) is 1. The van der Waals surface area contributed by atoms with E-state index in [-0.39, 0.29) is 5.75 Å². The summed E-state index contributed by atoms with van der Waals surface area (Å²) >= 11 is 0. The van der Waals surface area contributed by atoms with E-state index < -0.39 is 15.6 Å². The average molecular weight is 236 g/mol. The molecule has 2 N–H and O–H groups in total. The van der Waals surface area contributed by atoms with Crippen molar-refractivity contribution in [2.45, 2.75) is 46.1 Å². The van der Waals surface area contributed by atoms with Gasteiger partial charge in [-0.2, -0.15) is 4.31 Å². The maximum absolute atomic E-state index is 12.0. The number of rotatable bonds is 7. The van der Waals surface area contributed by atoms with E-state index in [2.05, 4.69) is 0 Å². The molecule has 0 spiro atoms. The fourth-order valence-corrected chi connectivity index (χ4v) is 3.71. The molecule has 5 heteroatoms. The Kier molecular flexibility index (Phi) is 5.77. The van der Waals surface area contributed by atoms with Crippen molar-refractivity contribution in [2.24, 2.45) is 5.73 Å². The van der Waals surface area contributed by atoms with Crippen LogP contribution in [0.5, 0.6) is 0 Å². The van der Waals surface area contributed by atoms with Crippen LogP contribution in [0.2, 0.25) is 0 Å². The quantitative estimate of drug-likeness (QED) is 0.722. The van der Waals surface area contributed by atoms with Crippen LogP contribution in [0.25, 0.3) is 0 Å². The molecule has 4 nitrogen and oxygen atoms in total. The summed E-state index contributed by atoms with van der Waals surface area (Å²) in [4.78, 5) is 0. The maximum Gasteiger partial charge on any atom is 0.214 e. The monoisotopic (exact) mass is 236 g/mol. The van der Waals surface area contributed by atoms with Crippen molar-refractivity contribution >= 4 is 10.0 Å². The Labute approximate surface area is 93.9 Å². The Morgan fingerprint density at radius 2 is 1.80 bits per heavy atom. The molecule has 0 bridgehead atoms. The van der Waals surface area contributed by atoms with Gasteiger partial charge in [-0.3, -0.25) is 0 Å². The molecule has 0 aliphatic carbocycles. The van der Waals surface area contributed by atoms with Gasteiger partial charge in [-0.25, -0.2) is 8.42 Å². The highest BCUT2D eigenvalue weighted by atomic mass is 32.2. The van der Waals surface area contributed by atoms with E-state index in [1.54, 1.807) is 4.31 Å². The second-order valence-corrected chi connectivity index (χ2v) is 6.05. The lowest BCUT2D eigenvalue weighted by Crippen LogP contribution is -2.54. The molecule has 0 amide bonds. The average Bonchev–Trinajstić information content (AvgIpc) is 2.17. The van der Waals surface area contributed by atoms with Crippen molar-refractivity contribution in [1.82, 2.24) is 4.31 Å². The molecule has 0 aromatic heterocycles. The smallest absolute Gasteiger partial charge is 0.214 e. The zero-order valence-electron chi connectivity index (χ0n) is 10.3. The van der Waals surface area contributed by atoms with Gasteiger partial charge in [-0.15, -0.1) is 0 Å². The molecule has 0 rings (SSSR count). The lowest BCUT2D eigenvalue weighted by atomic mass is 9.99. The topological polar surface area (TPSA) is 63.4 Å². The Bertz CT molecular complexity index is 271. The summed E-state index contributed by atoms with van der Waals surface area (Å²) in [5.74, 6) is 0.205. The molecule has 0 saturated heterocycles. The first-order valence-electron chi connectivity index (χ1n) is 5.58. The molecular formula is C10H24N2O2S. The van der Waals surface area contributed by atoms with Crippen molar-refractivity contribution in [3.63, 3.8) is 0 Å². The van der Waals surface area contributed by atoms with E-state index in [0.29, 0.717) is 19.5 Å². The largest absolute Gasteiger partial charge is 0.329 e. The Morgan fingerprint density at radius 3 is 2.07 bits per heavy atom. The van der Waals surface area contributed by atoms with Crippen LogP contribution >= 0.6 is 0 Å². The summed E-state index contributed by atoms with van der Waals surface area (Å²) in [5, 5.41) is 0. The van der Waals surface area contributed by atoms with Crippen molar-refractivity contribution in [3.05, 3.63) is 0 Å². The van der Waals surface area contributed by atoms with Crippen LogP contribution in [0.15, 0.2) is 0 Å². The number of hydrogen-bond donors (Lipinski definition) is 1. The highest BCUT2D eigenvalue weighted by molar-refractivity contribution is 7.89. The van der Waals surface area contributed by atoms with Crippen LogP contribution in [0.1, 0.15) is 40.5 Å². The van der Waals surface area contributed by atoms with Crippen molar-refractivity contribution in [2.75, 3.05) is 18.8 Å². The summed E-state index contributed by atoms with van der Waals surface area (Å²) < 4.78 is 25.5. The Balaban J connectivity index is 5.06. The lowest BCUT2D eigenvalue weighted by molar-refractivity contribution is 0.214. The molecule has 0 aliphatic rings. The van der Waals surface area contributed by atoms with Gasteiger partial charge in [0.25, 0.3) is 0 Å². The third kappa shape index (κ3) is 3.43. The van der Waals surface area contributed by atoms with Crippen molar-refractivity contribution in [1.29, 1.82) is 0 Å². The van der Waals surface area contributed by atoms with Gasteiger partial charge >= 0.3 is 0 Å². The molecule has 1 unspecified atom stereocenters. The van der Waals surface area contributed by atoms with E-state index >= 15 is 0 Å². The van der Waals surface area contributed by atoms with Gasteiger partial charge in [-0.05, 0) is 19.8 Å². The van der Waals surface area contributed by atoms with Crippen molar-refractivity contribution in [3.8, 4) is 0 Å². The zero-order chi connectivity index (χ0) is 12.1. The van der Waals surface area contributed by atoms with Gasteiger partial charge in [0.1, 0.15) is 0 Å². The molecule has 0 aliphatic heterocycles. The van der Waals surface area contributed by atoms with E-state index in [4.69, 9.17) is 5.73 Å². The minimum absolute atomic E-state index is 0.205. The van der Waals surface area contributed by atoms with Crippen LogP contribution in [0.4, 0.5) is 0 Å². The number of hydrogen-bond acceptors (Lipinski definition) is 3. The normalized spacial score (nSPS) is 16.7. The van der Waals surface area contributed by atoms with Gasteiger partial charge in [0.15, 0.2) is 0 Å². The highest BCUT2D eigenvalue weighted by Gasteiger charge is 2.35. The lowest BCUT2D eigenvalue weighted by Gasteiger charge is -2.38. The van der Waals surface area contributed by atoms with E-state index in [0.717, 1.165) is 6.42 Å². The molecule has 0 aromatic carbocycles. The molecule has 15 heavy (non-hydrogen) atoms. The van der Waals surface area contributed by atoms with Crippen LogP contribution in [0.3, 0.4) is 0 Å². The molecule has 0 saturated carbocycles. The van der Waals surface area contributed by atoms with Gasteiger partial charge < -0.3 is 5.73 Å². The van der Waals surface area contributed by atoms with Gasteiger partial charge in [-0.1, -0.05) is 20.8 Å². The number of nitrogens with two attached hydrogens (primary N) is 1. The summed E-state index contributed by atoms with van der Waals surface area (Å²) in [6.07, 6.45) is 1.38. The maximum atomic E-state index is 12.0. The summed E-state index contributed by atoms with van der Waals surface area (Å²) in [7, 11) is -3.15. The van der Waals surface area contributed by atoms with Crippen LogP contribution in [-0.2, 0) is 10.0 Å². The fraction of sp³-hybridized carbons (Fsp3) is 1.00. The van der Waals surface area contributed by atoms with Gasteiger partial charge in [0.2, 0.25) is 10.0 Å². The second-order valence-electron chi connectivity index (χ2n) is 4.04. The van der Waals surface area contributed by atoms with Gasteiger partial charge in [0, 0.05) is 18.6 Å². The van der Waals surface area contributed by atoms with Crippen molar-refractivity contribution < 1.29 is 8.42 Å². The SMILES string of the molecule is CCCS(=O)(=O)N(CC)C(C)(CC)CN. The van der Waals surface area contributed by atoms with Gasteiger partial charge in [0.05, 0.1) is 5.75 Å².